The van der Waals surface area contributed by atoms with E-state index in [1.54, 1.807) is 0 Å². The Labute approximate surface area is 111 Å². The van der Waals surface area contributed by atoms with Crippen LogP contribution in [-0.2, 0) is 0 Å². The van der Waals surface area contributed by atoms with Crippen molar-refractivity contribution >= 4 is 0 Å². The van der Waals surface area contributed by atoms with E-state index in [-0.39, 0.29) is 6.04 Å². The summed E-state index contributed by atoms with van der Waals surface area (Å²) in [5, 5.41) is 0. The van der Waals surface area contributed by atoms with Crippen LogP contribution >= 0.6 is 0 Å². The number of benzene rings is 1. The second-order valence-electron chi connectivity index (χ2n) is 5.85. The minimum Gasteiger partial charge on any atom is -0.323 e. The molecule has 1 aromatic carbocycles. The van der Waals surface area contributed by atoms with Crippen molar-refractivity contribution in [2.75, 3.05) is 6.54 Å². The molecule has 2 N–H and O–H groups in total. The molecule has 0 saturated carbocycles. The molecule has 1 fully saturated rings. The Hall–Kier alpha value is -0.860. The van der Waals surface area contributed by atoms with Crippen LogP contribution in [0.2, 0.25) is 0 Å². The number of nitrogens with two attached hydrogens (primary N) is 1. The molecule has 2 rings (SSSR count). The van der Waals surface area contributed by atoms with Gasteiger partial charge in [-0.05, 0) is 39.2 Å². The number of nitrogens with zero attached hydrogens (tertiary/aromatic N) is 1. The van der Waals surface area contributed by atoms with Crippen molar-refractivity contribution in [3.8, 4) is 0 Å². The monoisotopic (exact) mass is 246 g/mol. The molecule has 1 heterocycles. The highest BCUT2D eigenvalue weighted by Gasteiger charge is 2.26. The molecule has 0 radical (unpaired) electrons. The smallest absolute Gasteiger partial charge is 0.0424 e. The average molecular weight is 246 g/mol. The summed E-state index contributed by atoms with van der Waals surface area (Å²) in [5.41, 5.74) is 8.94. The fourth-order valence-corrected chi connectivity index (χ4v) is 3.07. The first-order valence-electron chi connectivity index (χ1n) is 7.16. The molecule has 1 saturated heterocycles. The first-order valence-corrected chi connectivity index (χ1v) is 7.16. The molecule has 1 aliphatic heterocycles. The third-order valence-corrected chi connectivity index (χ3v) is 4.25. The SMILES string of the molecule is Cc1cccc(C(N)CN2[C@H](C)CCC[C@@H]2C)c1. The predicted octanol–water partition coefficient (Wildman–Crippen LogP) is 3.26. The lowest BCUT2D eigenvalue weighted by Crippen LogP contribution is -2.46. The van der Waals surface area contributed by atoms with Crippen molar-refractivity contribution in [1.29, 1.82) is 0 Å². The zero-order valence-corrected chi connectivity index (χ0v) is 11.9. The molecule has 3 atom stereocenters. The Bertz CT molecular complexity index is 378. The summed E-state index contributed by atoms with van der Waals surface area (Å²) >= 11 is 0. The van der Waals surface area contributed by atoms with Crippen LogP contribution < -0.4 is 5.73 Å². The first-order chi connectivity index (χ1) is 8.58. The van der Waals surface area contributed by atoms with E-state index in [1.165, 1.54) is 30.4 Å². The van der Waals surface area contributed by atoms with Crippen molar-refractivity contribution in [1.82, 2.24) is 4.90 Å². The molecule has 1 aliphatic rings. The number of hydrogen-bond donors (Lipinski definition) is 1. The zero-order valence-electron chi connectivity index (χ0n) is 11.9. The van der Waals surface area contributed by atoms with Gasteiger partial charge in [-0.3, -0.25) is 4.90 Å². The molecule has 0 aromatic heterocycles. The number of aryl methyl sites for hydroxylation is 1. The molecular weight excluding hydrogens is 220 g/mol. The van der Waals surface area contributed by atoms with Crippen molar-refractivity contribution in [3.05, 3.63) is 35.4 Å². The van der Waals surface area contributed by atoms with Gasteiger partial charge in [-0.15, -0.1) is 0 Å². The molecule has 18 heavy (non-hydrogen) atoms. The first kappa shape index (κ1) is 13.6. The van der Waals surface area contributed by atoms with Gasteiger partial charge in [-0.1, -0.05) is 36.2 Å². The van der Waals surface area contributed by atoms with Gasteiger partial charge in [0.05, 0.1) is 0 Å². The minimum atomic E-state index is 0.132. The van der Waals surface area contributed by atoms with Gasteiger partial charge in [0.15, 0.2) is 0 Å². The van der Waals surface area contributed by atoms with Gasteiger partial charge >= 0.3 is 0 Å². The Morgan fingerprint density at radius 3 is 2.56 bits per heavy atom. The van der Waals surface area contributed by atoms with Gasteiger partial charge in [-0.2, -0.15) is 0 Å². The fraction of sp³-hybridized carbons (Fsp3) is 0.625. The van der Waals surface area contributed by atoms with Gasteiger partial charge in [0.2, 0.25) is 0 Å². The summed E-state index contributed by atoms with van der Waals surface area (Å²) < 4.78 is 0. The maximum atomic E-state index is 6.38. The Morgan fingerprint density at radius 1 is 1.28 bits per heavy atom. The van der Waals surface area contributed by atoms with E-state index in [0.29, 0.717) is 12.1 Å². The number of piperidine rings is 1. The molecule has 0 amide bonds. The topological polar surface area (TPSA) is 29.3 Å². The Kier molecular flexibility index (Phi) is 4.41. The standard InChI is InChI=1S/C16H26N2/c1-12-6-4-9-15(10-12)16(17)11-18-13(2)7-5-8-14(18)3/h4,6,9-10,13-14,16H,5,7-8,11,17H2,1-3H3/t13-,14+,16?. The summed E-state index contributed by atoms with van der Waals surface area (Å²) in [6, 6.07) is 10.1. The number of rotatable bonds is 3. The normalized spacial score (nSPS) is 27.1. The maximum Gasteiger partial charge on any atom is 0.0424 e. The third-order valence-electron chi connectivity index (χ3n) is 4.25. The van der Waals surface area contributed by atoms with E-state index in [2.05, 4.69) is 49.9 Å². The molecule has 2 nitrogen and oxygen atoms in total. The van der Waals surface area contributed by atoms with Gasteiger partial charge in [0.1, 0.15) is 0 Å². The van der Waals surface area contributed by atoms with E-state index in [0.717, 1.165) is 6.54 Å². The van der Waals surface area contributed by atoms with E-state index in [9.17, 15) is 0 Å². The summed E-state index contributed by atoms with van der Waals surface area (Å²) in [5.74, 6) is 0. The number of hydrogen-bond acceptors (Lipinski definition) is 2. The van der Waals surface area contributed by atoms with Gasteiger partial charge in [0, 0.05) is 24.7 Å². The molecule has 0 bridgehead atoms. The highest BCUT2D eigenvalue weighted by Crippen LogP contribution is 2.25. The van der Waals surface area contributed by atoms with Crippen molar-refractivity contribution in [2.24, 2.45) is 5.73 Å². The van der Waals surface area contributed by atoms with Crippen molar-refractivity contribution in [2.45, 2.75) is 58.2 Å². The van der Waals surface area contributed by atoms with Crippen LogP contribution in [0.1, 0.15) is 50.3 Å². The summed E-state index contributed by atoms with van der Waals surface area (Å²) in [6.07, 6.45) is 3.98. The highest BCUT2D eigenvalue weighted by molar-refractivity contribution is 5.25. The second kappa shape index (κ2) is 5.85. The molecular formula is C16H26N2. The van der Waals surface area contributed by atoms with Crippen LogP contribution in [0.15, 0.2) is 24.3 Å². The lowest BCUT2D eigenvalue weighted by Gasteiger charge is -2.40. The fourth-order valence-electron chi connectivity index (χ4n) is 3.07. The molecule has 0 aliphatic carbocycles. The van der Waals surface area contributed by atoms with E-state index in [4.69, 9.17) is 5.73 Å². The lowest BCUT2D eigenvalue weighted by atomic mass is 9.95. The van der Waals surface area contributed by atoms with E-state index in [1.807, 2.05) is 0 Å². The maximum absolute atomic E-state index is 6.38. The summed E-state index contributed by atoms with van der Waals surface area (Å²) in [6.45, 7) is 7.77. The van der Waals surface area contributed by atoms with Gasteiger partial charge in [0.25, 0.3) is 0 Å². The lowest BCUT2D eigenvalue weighted by molar-refractivity contribution is 0.0961. The van der Waals surface area contributed by atoms with E-state index >= 15 is 0 Å². The Morgan fingerprint density at radius 2 is 1.94 bits per heavy atom. The Balaban J connectivity index is 2.04. The molecule has 0 spiro atoms. The van der Waals surface area contributed by atoms with Crippen LogP contribution in [0.3, 0.4) is 0 Å². The molecule has 2 heteroatoms. The van der Waals surface area contributed by atoms with Crippen LogP contribution in [0.25, 0.3) is 0 Å². The largest absolute Gasteiger partial charge is 0.323 e. The van der Waals surface area contributed by atoms with Crippen LogP contribution in [0, 0.1) is 6.92 Å². The highest BCUT2D eigenvalue weighted by atomic mass is 15.2. The third kappa shape index (κ3) is 3.12. The van der Waals surface area contributed by atoms with Gasteiger partial charge in [-0.25, -0.2) is 0 Å². The minimum absolute atomic E-state index is 0.132. The predicted molar refractivity (Wildman–Crippen MR) is 77.6 cm³/mol. The molecule has 1 aromatic rings. The van der Waals surface area contributed by atoms with Crippen LogP contribution in [0.5, 0.6) is 0 Å². The molecule has 1 unspecified atom stereocenters. The van der Waals surface area contributed by atoms with Crippen molar-refractivity contribution < 1.29 is 0 Å². The quantitative estimate of drug-likeness (QED) is 0.887. The van der Waals surface area contributed by atoms with Gasteiger partial charge < -0.3 is 5.73 Å². The number of likely N-dealkylation sites (tertiary alicyclic amines) is 1. The van der Waals surface area contributed by atoms with Crippen LogP contribution in [0.4, 0.5) is 0 Å². The summed E-state index contributed by atoms with van der Waals surface area (Å²) in [4.78, 5) is 2.58. The zero-order chi connectivity index (χ0) is 13.1. The van der Waals surface area contributed by atoms with Crippen LogP contribution in [-0.4, -0.2) is 23.5 Å². The second-order valence-corrected chi connectivity index (χ2v) is 5.85. The summed E-state index contributed by atoms with van der Waals surface area (Å²) in [7, 11) is 0. The molecule has 100 valence electrons. The van der Waals surface area contributed by atoms with Crippen molar-refractivity contribution in [3.63, 3.8) is 0 Å². The average Bonchev–Trinajstić information content (AvgIpc) is 2.34. The van der Waals surface area contributed by atoms with E-state index < -0.39 is 0 Å².